The Morgan fingerprint density at radius 3 is 2.94 bits per heavy atom. The Morgan fingerprint density at radius 2 is 2.19 bits per heavy atom. The average molecular weight is 220 g/mol. The monoisotopic (exact) mass is 220 g/mol. The lowest BCUT2D eigenvalue weighted by Crippen LogP contribution is -2.22. The van der Waals surface area contributed by atoms with Crippen molar-refractivity contribution in [3.63, 3.8) is 0 Å². The third-order valence-electron chi connectivity index (χ3n) is 4.07. The van der Waals surface area contributed by atoms with E-state index >= 15 is 0 Å². The van der Waals surface area contributed by atoms with Crippen LogP contribution in [0.4, 0.5) is 4.39 Å². The fraction of sp³-hybridized carbons (Fsp3) is 0.571. The second kappa shape index (κ2) is 3.56. The van der Waals surface area contributed by atoms with Crippen molar-refractivity contribution in [3.05, 3.63) is 35.1 Å². The Labute approximate surface area is 95.3 Å². The molecular formula is C14H17FO. The van der Waals surface area contributed by atoms with Crippen LogP contribution < -0.4 is 0 Å². The zero-order chi connectivity index (χ0) is 11.2. The smallest absolute Gasteiger partial charge is 0.126 e. The summed E-state index contributed by atoms with van der Waals surface area (Å²) in [6, 6.07) is 5.09. The minimum Gasteiger partial charge on any atom is -0.385 e. The van der Waals surface area contributed by atoms with Crippen molar-refractivity contribution in [1.29, 1.82) is 0 Å². The maximum Gasteiger partial charge on any atom is 0.126 e. The first-order valence-corrected chi connectivity index (χ1v) is 6.19. The van der Waals surface area contributed by atoms with Crippen LogP contribution in [0.25, 0.3) is 0 Å². The van der Waals surface area contributed by atoms with E-state index in [9.17, 15) is 9.50 Å². The van der Waals surface area contributed by atoms with Gasteiger partial charge in [-0.2, -0.15) is 0 Å². The summed E-state index contributed by atoms with van der Waals surface area (Å²) < 4.78 is 13.5. The summed E-state index contributed by atoms with van der Waals surface area (Å²) in [6.07, 6.45) is 5.89. The van der Waals surface area contributed by atoms with E-state index in [4.69, 9.17) is 0 Å². The lowest BCUT2D eigenvalue weighted by Gasteiger charge is -2.24. The molecule has 0 aliphatic heterocycles. The van der Waals surface area contributed by atoms with Gasteiger partial charge in [-0.25, -0.2) is 4.39 Å². The first-order chi connectivity index (χ1) is 7.69. The lowest BCUT2D eigenvalue weighted by atomic mass is 9.90. The largest absolute Gasteiger partial charge is 0.385 e. The van der Waals surface area contributed by atoms with Gasteiger partial charge >= 0.3 is 0 Å². The molecule has 1 saturated carbocycles. The zero-order valence-corrected chi connectivity index (χ0v) is 9.38. The van der Waals surface area contributed by atoms with Crippen molar-refractivity contribution in [1.82, 2.24) is 0 Å². The second-order valence-corrected chi connectivity index (χ2v) is 5.28. The van der Waals surface area contributed by atoms with Gasteiger partial charge in [0.25, 0.3) is 0 Å². The third kappa shape index (κ3) is 1.65. The van der Waals surface area contributed by atoms with E-state index in [1.54, 1.807) is 6.07 Å². The van der Waals surface area contributed by atoms with Crippen LogP contribution in [0.2, 0.25) is 0 Å². The molecular weight excluding hydrogens is 203 g/mol. The fourth-order valence-corrected chi connectivity index (χ4v) is 2.82. The van der Waals surface area contributed by atoms with E-state index < -0.39 is 5.60 Å². The van der Waals surface area contributed by atoms with Crippen molar-refractivity contribution in [2.75, 3.05) is 0 Å². The summed E-state index contributed by atoms with van der Waals surface area (Å²) in [5.74, 6) is 0.668. The van der Waals surface area contributed by atoms with Gasteiger partial charge in [0.1, 0.15) is 5.82 Å². The van der Waals surface area contributed by atoms with Crippen LogP contribution in [0.5, 0.6) is 0 Å². The van der Waals surface area contributed by atoms with Crippen LogP contribution in [-0.2, 0) is 12.0 Å². The third-order valence-corrected chi connectivity index (χ3v) is 4.07. The Hall–Kier alpha value is -0.890. The predicted octanol–water partition coefficient (Wildman–Crippen LogP) is 3.15. The topological polar surface area (TPSA) is 20.2 Å². The average Bonchev–Trinajstić information content (AvgIpc) is 3.03. The predicted molar refractivity (Wildman–Crippen MR) is 60.6 cm³/mol. The van der Waals surface area contributed by atoms with Gasteiger partial charge in [-0.1, -0.05) is 25.0 Å². The Balaban J connectivity index is 1.85. The van der Waals surface area contributed by atoms with E-state index in [0.717, 1.165) is 29.9 Å². The summed E-state index contributed by atoms with van der Waals surface area (Å²) in [7, 11) is 0. The minimum atomic E-state index is -0.750. The van der Waals surface area contributed by atoms with Gasteiger partial charge in [0.05, 0.1) is 5.60 Å². The summed E-state index contributed by atoms with van der Waals surface area (Å²) in [4.78, 5) is 0. The SMILES string of the molecule is OC1(CCC2CC2)CCc2c(F)cccc21. The fourth-order valence-electron chi connectivity index (χ4n) is 2.82. The maximum absolute atomic E-state index is 13.5. The Morgan fingerprint density at radius 1 is 1.38 bits per heavy atom. The first kappa shape index (κ1) is 10.3. The number of fused-ring (bicyclic) bond motifs is 1. The lowest BCUT2D eigenvalue weighted by molar-refractivity contribution is 0.0259. The number of halogens is 1. The molecule has 0 bridgehead atoms. The molecule has 16 heavy (non-hydrogen) atoms. The van der Waals surface area contributed by atoms with Crippen LogP contribution in [0, 0.1) is 11.7 Å². The number of hydrogen-bond donors (Lipinski definition) is 1. The first-order valence-electron chi connectivity index (χ1n) is 6.19. The summed E-state index contributed by atoms with van der Waals surface area (Å²) in [6.45, 7) is 0. The van der Waals surface area contributed by atoms with E-state index in [1.807, 2.05) is 6.07 Å². The van der Waals surface area contributed by atoms with Crippen LogP contribution in [0.15, 0.2) is 18.2 Å². The van der Waals surface area contributed by atoms with Gasteiger partial charge in [0.2, 0.25) is 0 Å². The van der Waals surface area contributed by atoms with Crippen molar-refractivity contribution in [2.24, 2.45) is 5.92 Å². The molecule has 1 aromatic rings. The number of rotatable bonds is 3. The van der Waals surface area contributed by atoms with Gasteiger partial charge in [-0.15, -0.1) is 0 Å². The molecule has 1 nitrogen and oxygen atoms in total. The molecule has 0 aromatic heterocycles. The minimum absolute atomic E-state index is 0.153. The number of benzene rings is 1. The van der Waals surface area contributed by atoms with E-state index in [1.165, 1.54) is 18.9 Å². The highest BCUT2D eigenvalue weighted by molar-refractivity contribution is 5.38. The molecule has 0 amide bonds. The Kier molecular flexibility index (Phi) is 2.28. The van der Waals surface area contributed by atoms with Gasteiger partial charge in [-0.05, 0) is 48.8 Å². The van der Waals surface area contributed by atoms with Crippen LogP contribution in [0.1, 0.15) is 43.2 Å². The highest BCUT2D eigenvalue weighted by Crippen LogP contribution is 2.44. The molecule has 86 valence electrons. The van der Waals surface area contributed by atoms with Crippen LogP contribution in [0.3, 0.4) is 0 Å². The molecule has 1 atom stereocenters. The molecule has 2 aliphatic carbocycles. The van der Waals surface area contributed by atoms with Crippen molar-refractivity contribution in [3.8, 4) is 0 Å². The molecule has 0 saturated heterocycles. The highest BCUT2D eigenvalue weighted by Gasteiger charge is 2.38. The van der Waals surface area contributed by atoms with E-state index in [0.29, 0.717) is 12.8 Å². The van der Waals surface area contributed by atoms with Crippen LogP contribution >= 0.6 is 0 Å². The molecule has 3 rings (SSSR count). The quantitative estimate of drug-likeness (QED) is 0.829. The Bertz CT molecular complexity index is 411. The molecule has 1 N–H and O–H groups in total. The van der Waals surface area contributed by atoms with Gasteiger partial charge in [0.15, 0.2) is 0 Å². The maximum atomic E-state index is 13.5. The molecule has 1 unspecified atom stereocenters. The van der Waals surface area contributed by atoms with E-state index in [-0.39, 0.29) is 5.82 Å². The van der Waals surface area contributed by atoms with E-state index in [2.05, 4.69) is 0 Å². The molecule has 1 fully saturated rings. The summed E-state index contributed by atoms with van der Waals surface area (Å²) in [5.41, 5.74) is 0.828. The molecule has 1 aromatic carbocycles. The molecule has 0 spiro atoms. The highest BCUT2D eigenvalue weighted by atomic mass is 19.1. The van der Waals surface area contributed by atoms with Gasteiger partial charge in [0, 0.05) is 0 Å². The normalized spacial score (nSPS) is 28.1. The number of aliphatic hydroxyl groups is 1. The zero-order valence-electron chi connectivity index (χ0n) is 9.38. The molecule has 0 heterocycles. The summed E-state index contributed by atoms with van der Waals surface area (Å²) >= 11 is 0. The number of hydrogen-bond acceptors (Lipinski definition) is 1. The van der Waals surface area contributed by atoms with Crippen molar-refractivity contribution < 1.29 is 9.50 Å². The molecule has 2 aliphatic rings. The van der Waals surface area contributed by atoms with Crippen molar-refractivity contribution in [2.45, 2.75) is 44.1 Å². The summed E-state index contributed by atoms with van der Waals surface area (Å²) in [5, 5.41) is 10.6. The van der Waals surface area contributed by atoms with Gasteiger partial charge in [-0.3, -0.25) is 0 Å². The molecule has 2 heteroatoms. The van der Waals surface area contributed by atoms with Gasteiger partial charge < -0.3 is 5.11 Å². The standard InChI is InChI=1S/C14H17FO/c15-13-3-1-2-12-11(13)7-9-14(12,16)8-6-10-4-5-10/h1-3,10,16H,4-9H2. The second-order valence-electron chi connectivity index (χ2n) is 5.28. The van der Waals surface area contributed by atoms with Crippen LogP contribution in [-0.4, -0.2) is 5.11 Å². The molecule has 0 radical (unpaired) electrons. The van der Waals surface area contributed by atoms with Crippen molar-refractivity contribution >= 4 is 0 Å².